The molecule has 22 heavy (non-hydrogen) atoms. The van der Waals surface area contributed by atoms with Crippen molar-refractivity contribution in [2.75, 3.05) is 13.1 Å². The molecule has 0 spiro atoms. The first kappa shape index (κ1) is 25.2. The summed E-state index contributed by atoms with van der Waals surface area (Å²) in [5.74, 6) is -2.90. The Bertz CT molecular complexity index is 324. The number of carbonyl (C=O) groups excluding carboxylic acids is 4. The molecule has 0 rings (SSSR count). The molecule has 0 atom stereocenters. The maximum atomic E-state index is 10.8. The summed E-state index contributed by atoms with van der Waals surface area (Å²) in [7, 11) is 0. The van der Waals surface area contributed by atoms with Gasteiger partial charge in [-0.1, -0.05) is 0 Å². The second kappa shape index (κ2) is 13.0. The standard InChI is InChI=1S/C10H16N2O8.Fe.H3N/c1-7(13)17-11(18-8(2)14)5-6-12(19-9(3)15)20-10(4)16;;/h5-6H2,1-4H3;;1H3/q;+3;. The van der Waals surface area contributed by atoms with E-state index in [9.17, 15) is 19.2 Å². The third-order valence-electron chi connectivity index (χ3n) is 1.39. The van der Waals surface area contributed by atoms with Gasteiger partial charge in [-0.3, -0.25) is 19.2 Å². The van der Waals surface area contributed by atoms with Crippen molar-refractivity contribution in [1.29, 1.82) is 0 Å². The molecule has 0 bridgehead atoms. The topological polar surface area (TPSA) is 147 Å². The average molecular weight is 365 g/mol. The van der Waals surface area contributed by atoms with E-state index in [1.807, 2.05) is 0 Å². The van der Waals surface area contributed by atoms with E-state index >= 15 is 0 Å². The van der Waals surface area contributed by atoms with Crippen LogP contribution in [0.3, 0.4) is 0 Å². The monoisotopic (exact) mass is 365 g/mol. The van der Waals surface area contributed by atoms with Crippen LogP contribution in [-0.2, 0) is 55.6 Å². The van der Waals surface area contributed by atoms with E-state index in [0.717, 1.165) is 27.7 Å². The van der Waals surface area contributed by atoms with Crippen molar-refractivity contribution in [2.45, 2.75) is 27.7 Å². The van der Waals surface area contributed by atoms with Crippen molar-refractivity contribution in [1.82, 2.24) is 16.6 Å². The fourth-order valence-corrected chi connectivity index (χ4v) is 0.957. The molecule has 0 fully saturated rings. The first-order valence-electron chi connectivity index (χ1n) is 5.50. The number of hydroxylamine groups is 4. The molecule has 0 aromatic carbocycles. The van der Waals surface area contributed by atoms with Gasteiger partial charge >= 0.3 is 40.9 Å². The average Bonchev–Trinajstić information content (AvgIpc) is 2.22. The van der Waals surface area contributed by atoms with E-state index in [1.165, 1.54) is 0 Å². The molecule has 0 saturated heterocycles. The fraction of sp³-hybridized carbons (Fsp3) is 0.600. The van der Waals surface area contributed by atoms with Gasteiger partial charge in [-0.15, -0.1) is 0 Å². The Morgan fingerprint density at radius 1 is 0.636 bits per heavy atom. The maximum Gasteiger partial charge on any atom is 3.00 e. The van der Waals surface area contributed by atoms with Gasteiger partial charge in [0.05, 0.1) is 13.1 Å². The van der Waals surface area contributed by atoms with Gasteiger partial charge in [0.15, 0.2) is 0 Å². The minimum absolute atomic E-state index is 0. The van der Waals surface area contributed by atoms with E-state index < -0.39 is 23.9 Å². The molecule has 12 heteroatoms. The molecule has 0 aliphatic heterocycles. The summed E-state index contributed by atoms with van der Waals surface area (Å²) in [5.41, 5.74) is 0. The predicted octanol–water partition coefficient (Wildman–Crippen LogP) is -0.338. The van der Waals surface area contributed by atoms with Crippen LogP contribution in [0.25, 0.3) is 0 Å². The number of rotatable bonds is 7. The summed E-state index contributed by atoms with van der Waals surface area (Å²) in [4.78, 5) is 61.4. The Kier molecular flexibility index (Phi) is 14.9. The number of hydrogen-bond acceptors (Lipinski definition) is 11. The van der Waals surface area contributed by atoms with Crippen molar-refractivity contribution >= 4 is 23.9 Å². The number of nitrogens with zero attached hydrogens (tertiary/aromatic N) is 2. The number of carbonyl (C=O) groups is 4. The Hall–Kier alpha value is -1.72. The molecule has 0 unspecified atom stereocenters. The van der Waals surface area contributed by atoms with Crippen molar-refractivity contribution in [3.63, 3.8) is 0 Å². The van der Waals surface area contributed by atoms with Crippen LogP contribution in [-0.4, -0.2) is 47.4 Å². The van der Waals surface area contributed by atoms with E-state index in [-0.39, 0.29) is 36.3 Å². The quantitative estimate of drug-likeness (QED) is 0.467. The molecule has 0 heterocycles. The second-order valence-corrected chi connectivity index (χ2v) is 3.44. The molecule has 0 saturated carbocycles. The maximum absolute atomic E-state index is 10.8. The normalized spacial score (nSPS) is 9.18. The van der Waals surface area contributed by atoms with Crippen LogP contribution in [0.1, 0.15) is 27.7 Å². The zero-order chi connectivity index (χ0) is 15.7. The summed E-state index contributed by atoms with van der Waals surface area (Å²) < 4.78 is 0. The smallest absolute Gasteiger partial charge is 0.344 e. The van der Waals surface area contributed by atoms with Gasteiger partial charge in [0.25, 0.3) is 0 Å². The van der Waals surface area contributed by atoms with Gasteiger partial charge in [-0.05, 0) is 0 Å². The minimum atomic E-state index is -0.724. The molecule has 11 nitrogen and oxygen atoms in total. The van der Waals surface area contributed by atoms with Crippen molar-refractivity contribution in [2.24, 2.45) is 0 Å². The van der Waals surface area contributed by atoms with E-state index in [2.05, 4.69) is 19.4 Å². The molecule has 0 aliphatic rings. The van der Waals surface area contributed by atoms with Gasteiger partial charge in [-0.25, -0.2) is 0 Å². The van der Waals surface area contributed by atoms with Crippen molar-refractivity contribution < 1.29 is 55.6 Å². The predicted molar refractivity (Wildman–Crippen MR) is 65.5 cm³/mol. The Morgan fingerprint density at radius 3 is 0.955 bits per heavy atom. The Labute approximate surface area is 137 Å². The Balaban J connectivity index is -0.00000180. The summed E-state index contributed by atoms with van der Waals surface area (Å²) in [6, 6.07) is 0. The zero-order valence-electron chi connectivity index (χ0n) is 12.6. The van der Waals surface area contributed by atoms with Gasteiger partial charge in [-0.2, -0.15) is 0 Å². The van der Waals surface area contributed by atoms with Gasteiger partial charge < -0.3 is 25.5 Å². The summed E-state index contributed by atoms with van der Waals surface area (Å²) in [6.07, 6.45) is 0. The first-order chi connectivity index (χ1) is 9.20. The van der Waals surface area contributed by atoms with Crippen LogP contribution >= 0.6 is 0 Å². The van der Waals surface area contributed by atoms with Crippen LogP contribution in [0.4, 0.5) is 0 Å². The van der Waals surface area contributed by atoms with Crippen molar-refractivity contribution in [3.05, 3.63) is 0 Å². The SMILES string of the molecule is CC(=O)ON(CCN(OC(C)=O)OC(C)=O)OC(C)=O.N.[Fe+3]. The largest absolute Gasteiger partial charge is 3.00 e. The van der Waals surface area contributed by atoms with E-state index in [0.29, 0.717) is 10.5 Å². The summed E-state index contributed by atoms with van der Waals surface area (Å²) in [5, 5.41) is 1.15. The van der Waals surface area contributed by atoms with E-state index in [1.54, 1.807) is 0 Å². The van der Waals surface area contributed by atoms with Gasteiger partial charge in [0.2, 0.25) is 0 Å². The van der Waals surface area contributed by atoms with Crippen LogP contribution in [0.2, 0.25) is 0 Å². The Morgan fingerprint density at radius 2 is 0.818 bits per heavy atom. The zero-order valence-corrected chi connectivity index (χ0v) is 13.7. The van der Waals surface area contributed by atoms with Crippen LogP contribution in [0.5, 0.6) is 0 Å². The molecule has 0 amide bonds. The minimum Gasteiger partial charge on any atom is -0.344 e. The second-order valence-electron chi connectivity index (χ2n) is 3.44. The van der Waals surface area contributed by atoms with E-state index in [4.69, 9.17) is 0 Å². The molecular formula is C10H19FeN3O8+3. The van der Waals surface area contributed by atoms with Crippen molar-refractivity contribution in [3.8, 4) is 0 Å². The molecule has 1 radical (unpaired) electrons. The fourth-order valence-electron chi connectivity index (χ4n) is 0.957. The van der Waals surface area contributed by atoms with Crippen LogP contribution < -0.4 is 6.15 Å². The number of hydrogen-bond donors (Lipinski definition) is 1. The van der Waals surface area contributed by atoms with Crippen LogP contribution in [0.15, 0.2) is 0 Å². The summed E-state index contributed by atoms with van der Waals surface area (Å²) in [6.45, 7) is 3.97. The molecule has 127 valence electrons. The molecule has 0 aliphatic carbocycles. The van der Waals surface area contributed by atoms with Gasteiger partial charge in [0, 0.05) is 38.1 Å². The molecule has 0 aromatic rings. The molecular weight excluding hydrogens is 346 g/mol. The molecule has 0 aromatic heterocycles. The van der Waals surface area contributed by atoms with Crippen LogP contribution in [0, 0.1) is 0 Å². The third kappa shape index (κ3) is 14.7. The summed E-state index contributed by atoms with van der Waals surface area (Å²) >= 11 is 0. The first-order valence-corrected chi connectivity index (χ1v) is 5.50. The third-order valence-corrected chi connectivity index (χ3v) is 1.39. The molecule has 3 N–H and O–H groups in total. The van der Waals surface area contributed by atoms with Gasteiger partial charge in [0.1, 0.15) is 0 Å².